The second-order valence-corrected chi connectivity index (χ2v) is 8.74. The van der Waals surface area contributed by atoms with Crippen molar-refractivity contribution >= 4 is 17.1 Å². The predicted octanol–water partition coefficient (Wildman–Crippen LogP) is 0.560. The van der Waals surface area contributed by atoms with Crippen molar-refractivity contribution in [3.8, 4) is 5.75 Å². The Bertz CT molecular complexity index is 1240. The molecule has 0 saturated carbocycles. The summed E-state index contributed by atoms with van der Waals surface area (Å²) in [5.74, 6) is 1.11. The molecule has 0 bridgehead atoms. The van der Waals surface area contributed by atoms with Gasteiger partial charge in [-0.15, -0.1) is 0 Å². The van der Waals surface area contributed by atoms with E-state index in [-0.39, 0.29) is 24.3 Å². The van der Waals surface area contributed by atoms with Gasteiger partial charge in [0.2, 0.25) is 5.95 Å². The van der Waals surface area contributed by atoms with Crippen molar-refractivity contribution in [2.75, 3.05) is 51.3 Å². The third-order valence-electron chi connectivity index (χ3n) is 6.19. The predicted molar refractivity (Wildman–Crippen MR) is 133 cm³/mol. The third kappa shape index (κ3) is 6.11. The minimum Gasteiger partial charge on any atom is -0.491 e. The molecule has 3 heterocycles. The highest BCUT2D eigenvalue weighted by molar-refractivity contribution is 5.74. The van der Waals surface area contributed by atoms with Crippen LogP contribution >= 0.6 is 0 Å². The molecule has 3 aromatic rings. The number of aromatic nitrogens is 4. The zero-order valence-corrected chi connectivity index (χ0v) is 20.3. The van der Waals surface area contributed by atoms with Crippen LogP contribution in [-0.2, 0) is 24.8 Å². The molecule has 4 rings (SSSR count). The number of aliphatic hydroxyl groups is 1. The summed E-state index contributed by atoms with van der Waals surface area (Å²) >= 11 is 0. The third-order valence-corrected chi connectivity index (χ3v) is 6.19. The summed E-state index contributed by atoms with van der Waals surface area (Å²) in [6.07, 6.45) is 0.865. The molecule has 11 heteroatoms. The number of nitrogens with zero attached hydrogens (tertiary/aromatic N) is 4. The fourth-order valence-corrected chi connectivity index (χ4v) is 4.19. The molecule has 1 aliphatic rings. The van der Waals surface area contributed by atoms with Crippen molar-refractivity contribution in [2.45, 2.75) is 32.4 Å². The molecule has 0 aliphatic carbocycles. The summed E-state index contributed by atoms with van der Waals surface area (Å²) in [5.41, 5.74) is 0.563. The van der Waals surface area contributed by atoms with E-state index in [1.165, 1.54) is 4.57 Å². The van der Waals surface area contributed by atoms with Gasteiger partial charge in [-0.25, -0.2) is 4.79 Å². The van der Waals surface area contributed by atoms with Crippen LogP contribution in [0.3, 0.4) is 0 Å². The number of benzene rings is 1. The van der Waals surface area contributed by atoms with E-state index in [9.17, 15) is 14.7 Å². The van der Waals surface area contributed by atoms with Crippen LogP contribution in [-0.4, -0.2) is 81.2 Å². The van der Waals surface area contributed by atoms with Gasteiger partial charge in [-0.05, 0) is 37.1 Å². The molecule has 1 atom stereocenters. The Hall–Kier alpha value is -3.15. The average molecular weight is 487 g/mol. The number of hydrogen-bond donors (Lipinski definition) is 3. The molecule has 0 amide bonds. The quantitative estimate of drug-likeness (QED) is 0.336. The molecule has 190 valence electrons. The normalized spacial score (nSPS) is 15.4. The van der Waals surface area contributed by atoms with E-state index < -0.39 is 17.4 Å². The largest absolute Gasteiger partial charge is 0.491 e. The van der Waals surface area contributed by atoms with Crippen LogP contribution in [0.25, 0.3) is 11.2 Å². The van der Waals surface area contributed by atoms with Gasteiger partial charge in [-0.1, -0.05) is 19.1 Å². The number of ether oxygens (including phenoxy) is 2. The number of aliphatic hydroxyl groups excluding tert-OH is 1. The number of rotatable bonds is 11. The summed E-state index contributed by atoms with van der Waals surface area (Å²) in [5, 5.41) is 14.0. The van der Waals surface area contributed by atoms with Gasteiger partial charge in [0.1, 0.15) is 18.5 Å². The maximum atomic E-state index is 12.7. The molecule has 2 aromatic heterocycles. The second kappa shape index (κ2) is 11.5. The van der Waals surface area contributed by atoms with E-state index >= 15 is 0 Å². The summed E-state index contributed by atoms with van der Waals surface area (Å²) in [6, 6.07) is 7.74. The van der Waals surface area contributed by atoms with Crippen molar-refractivity contribution < 1.29 is 14.6 Å². The molecule has 35 heavy (non-hydrogen) atoms. The molecular weight excluding hydrogens is 452 g/mol. The summed E-state index contributed by atoms with van der Waals surface area (Å²) in [7, 11) is 1.56. The smallest absolute Gasteiger partial charge is 0.329 e. The number of fused-ring (bicyclic) bond motifs is 1. The number of H-pyrrole nitrogens is 1. The van der Waals surface area contributed by atoms with Crippen molar-refractivity contribution in [2.24, 2.45) is 7.05 Å². The summed E-state index contributed by atoms with van der Waals surface area (Å²) in [6.45, 7) is 7.09. The first-order chi connectivity index (χ1) is 17.0. The van der Waals surface area contributed by atoms with E-state index in [2.05, 4.69) is 27.1 Å². The highest BCUT2D eigenvalue weighted by atomic mass is 16.5. The minimum absolute atomic E-state index is 0.0486. The van der Waals surface area contributed by atoms with Gasteiger partial charge in [0.25, 0.3) is 5.56 Å². The topological polar surface area (TPSA) is 127 Å². The van der Waals surface area contributed by atoms with Crippen LogP contribution in [0.15, 0.2) is 33.9 Å². The van der Waals surface area contributed by atoms with Crippen LogP contribution in [0.2, 0.25) is 0 Å². The fourth-order valence-electron chi connectivity index (χ4n) is 4.19. The number of imidazole rings is 1. The first-order valence-electron chi connectivity index (χ1n) is 12.1. The van der Waals surface area contributed by atoms with Crippen LogP contribution in [0.5, 0.6) is 5.75 Å². The molecule has 3 N–H and O–H groups in total. The van der Waals surface area contributed by atoms with Gasteiger partial charge in [-0.2, -0.15) is 4.98 Å². The number of morpholine rings is 1. The maximum absolute atomic E-state index is 12.7. The highest BCUT2D eigenvalue weighted by Crippen LogP contribution is 2.18. The first kappa shape index (κ1) is 25.0. The Labute approximate surface area is 203 Å². The van der Waals surface area contributed by atoms with Crippen LogP contribution < -0.4 is 21.3 Å². The summed E-state index contributed by atoms with van der Waals surface area (Å²) < 4.78 is 14.1. The van der Waals surface area contributed by atoms with Crippen molar-refractivity contribution in [1.82, 2.24) is 24.0 Å². The Balaban J connectivity index is 1.48. The minimum atomic E-state index is -0.900. The van der Waals surface area contributed by atoms with Crippen LogP contribution in [0, 0.1) is 0 Å². The number of anilines is 1. The zero-order valence-electron chi connectivity index (χ0n) is 20.3. The van der Waals surface area contributed by atoms with Gasteiger partial charge in [0.15, 0.2) is 11.2 Å². The molecule has 0 unspecified atom stereocenters. The van der Waals surface area contributed by atoms with Crippen molar-refractivity contribution in [3.63, 3.8) is 0 Å². The Morgan fingerprint density at radius 2 is 2.09 bits per heavy atom. The number of nitrogens with one attached hydrogen (secondary N) is 2. The van der Waals surface area contributed by atoms with Gasteiger partial charge >= 0.3 is 5.69 Å². The van der Waals surface area contributed by atoms with Gasteiger partial charge in [-0.3, -0.25) is 19.2 Å². The maximum Gasteiger partial charge on any atom is 0.329 e. The lowest BCUT2D eigenvalue weighted by atomic mass is 10.2. The number of aryl methyl sites for hydroxylation is 2. The molecule has 0 radical (unpaired) electrons. The van der Waals surface area contributed by atoms with E-state index in [0.29, 0.717) is 18.2 Å². The lowest BCUT2D eigenvalue weighted by Crippen LogP contribution is -2.37. The van der Waals surface area contributed by atoms with Gasteiger partial charge in [0, 0.05) is 26.7 Å². The number of aromatic amines is 1. The SMILES string of the molecule is CCc1cccc(OC[C@@H](O)Cn2c(NCCCN3CCOCC3)nc3c2c(=O)[nH]c(=O)n3C)c1. The van der Waals surface area contributed by atoms with Gasteiger partial charge in [0.05, 0.1) is 19.8 Å². The standard InChI is InChI=1S/C24H34N6O5/c1-3-17-6-4-7-19(14-17)35-16-18(31)15-30-20-21(28(2)24(33)27-22(20)32)26-23(30)25-8-5-9-29-10-12-34-13-11-29/h4,6-7,14,18,31H,3,5,8-13,15-16H2,1-2H3,(H,25,26)(H,27,32,33)/t18-/m0/s1. The molecule has 1 fully saturated rings. The zero-order chi connectivity index (χ0) is 24.8. The second-order valence-electron chi connectivity index (χ2n) is 8.74. The average Bonchev–Trinajstić information content (AvgIpc) is 3.23. The van der Waals surface area contributed by atoms with E-state index in [0.717, 1.165) is 51.3 Å². The van der Waals surface area contributed by atoms with Crippen molar-refractivity contribution in [1.29, 1.82) is 0 Å². The fraction of sp³-hybridized carbons (Fsp3) is 0.542. The van der Waals surface area contributed by atoms with Gasteiger partial charge < -0.3 is 24.5 Å². The van der Waals surface area contributed by atoms with Crippen LogP contribution in [0.1, 0.15) is 18.9 Å². The molecule has 11 nitrogen and oxygen atoms in total. The molecular formula is C24H34N6O5. The molecule has 1 aromatic carbocycles. The molecule has 0 spiro atoms. The highest BCUT2D eigenvalue weighted by Gasteiger charge is 2.20. The van der Waals surface area contributed by atoms with E-state index in [1.807, 2.05) is 24.3 Å². The Morgan fingerprint density at radius 3 is 2.86 bits per heavy atom. The van der Waals surface area contributed by atoms with Crippen molar-refractivity contribution in [3.05, 3.63) is 50.7 Å². The Kier molecular flexibility index (Phi) is 8.21. The number of hydrogen-bond acceptors (Lipinski definition) is 8. The monoisotopic (exact) mass is 486 g/mol. The van der Waals surface area contributed by atoms with Crippen LogP contribution in [0.4, 0.5) is 5.95 Å². The Morgan fingerprint density at radius 1 is 1.29 bits per heavy atom. The molecule has 1 aliphatic heterocycles. The lowest BCUT2D eigenvalue weighted by Gasteiger charge is -2.26. The summed E-state index contributed by atoms with van der Waals surface area (Å²) in [4.78, 5) is 33.9. The first-order valence-corrected chi connectivity index (χ1v) is 12.1. The van der Waals surface area contributed by atoms with E-state index in [1.54, 1.807) is 11.6 Å². The lowest BCUT2D eigenvalue weighted by molar-refractivity contribution is 0.0378. The van der Waals surface area contributed by atoms with E-state index in [4.69, 9.17) is 9.47 Å². The molecule has 1 saturated heterocycles.